The third kappa shape index (κ3) is 4.37. The van der Waals surface area contributed by atoms with Crippen LogP contribution < -0.4 is 10.2 Å². The summed E-state index contributed by atoms with van der Waals surface area (Å²) in [7, 11) is 0. The van der Waals surface area contributed by atoms with Crippen LogP contribution in [0.3, 0.4) is 0 Å². The fourth-order valence-corrected chi connectivity index (χ4v) is 3.21. The predicted octanol–water partition coefficient (Wildman–Crippen LogP) is 1.85. The normalized spacial score (nSPS) is 15.1. The van der Waals surface area contributed by atoms with Gasteiger partial charge in [0.05, 0.1) is 11.5 Å². The van der Waals surface area contributed by atoms with Gasteiger partial charge in [-0.1, -0.05) is 0 Å². The first-order chi connectivity index (χ1) is 12.6. The lowest BCUT2D eigenvalue weighted by atomic mass is 10.2. The summed E-state index contributed by atoms with van der Waals surface area (Å²) in [4.78, 5) is 23.5. The molecule has 26 heavy (non-hydrogen) atoms. The lowest BCUT2D eigenvalue weighted by Crippen LogP contribution is -2.47. The summed E-state index contributed by atoms with van der Waals surface area (Å²) in [6, 6.07) is 7.52. The lowest BCUT2D eigenvalue weighted by molar-refractivity contribution is -0.383. The molecule has 1 fully saturated rings. The van der Waals surface area contributed by atoms with Crippen molar-refractivity contribution in [3.63, 3.8) is 0 Å². The van der Waals surface area contributed by atoms with E-state index >= 15 is 0 Å². The Kier molecular flexibility index (Phi) is 6.16. The number of β-amino-alcohol motifs (C(OH)–C–C–N with tert-alkyl or cyclic N) is 1. The number of benzene rings is 1. The van der Waals surface area contributed by atoms with Crippen LogP contribution in [0, 0.1) is 13.7 Å². The van der Waals surface area contributed by atoms with Crippen molar-refractivity contribution in [3.05, 3.63) is 44.3 Å². The second-order valence-corrected chi connectivity index (χ2v) is 7.08. The van der Waals surface area contributed by atoms with Crippen molar-refractivity contribution < 1.29 is 10.0 Å². The van der Waals surface area contributed by atoms with Crippen molar-refractivity contribution in [2.24, 2.45) is 0 Å². The zero-order chi connectivity index (χ0) is 18.5. The molecule has 0 saturated carbocycles. The van der Waals surface area contributed by atoms with Gasteiger partial charge in [0, 0.05) is 42.0 Å². The molecule has 2 aromatic rings. The number of rotatable bonds is 6. The average Bonchev–Trinajstić information content (AvgIpc) is 2.64. The molecule has 0 amide bonds. The van der Waals surface area contributed by atoms with E-state index < -0.39 is 4.92 Å². The van der Waals surface area contributed by atoms with Gasteiger partial charge in [0.1, 0.15) is 6.33 Å². The van der Waals surface area contributed by atoms with E-state index in [-0.39, 0.29) is 18.1 Å². The SMILES string of the molecule is O=[N+]([O-])c1c(Nc2ccc(I)cc2)ncnc1N1CCN(CCO)CC1. The number of hydrogen-bond donors (Lipinski definition) is 2. The molecule has 0 spiro atoms. The Morgan fingerprint density at radius 1 is 1.19 bits per heavy atom. The molecule has 0 atom stereocenters. The van der Waals surface area contributed by atoms with Gasteiger partial charge in [-0.05, 0) is 46.9 Å². The fourth-order valence-electron chi connectivity index (χ4n) is 2.86. The van der Waals surface area contributed by atoms with Gasteiger partial charge in [-0.25, -0.2) is 9.97 Å². The monoisotopic (exact) mass is 470 g/mol. The molecule has 1 saturated heterocycles. The smallest absolute Gasteiger partial charge is 0.353 e. The topological polar surface area (TPSA) is 108 Å². The van der Waals surface area contributed by atoms with Gasteiger partial charge < -0.3 is 15.3 Å². The molecular formula is C16H19IN6O3. The summed E-state index contributed by atoms with van der Waals surface area (Å²) in [5.74, 6) is 0.501. The van der Waals surface area contributed by atoms with Crippen molar-refractivity contribution in [2.45, 2.75) is 0 Å². The first kappa shape index (κ1) is 18.7. The average molecular weight is 470 g/mol. The van der Waals surface area contributed by atoms with Crippen molar-refractivity contribution in [3.8, 4) is 0 Å². The van der Waals surface area contributed by atoms with Crippen LogP contribution >= 0.6 is 22.6 Å². The van der Waals surface area contributed by atoms with Crippen LogP contribution in [0.1, 0.15) is 0 Å². The van der Waals surface area contributed by atoms with E-state index in [1.165, 1.54) is 6.33 Å². The van der Waals surface area contributed by atoms with Crippen LogP contribution in [0.5, 0.6) is 0 Å². The van der Waals surface area contributed by atoms with Gasteiger partial charge >= 0.3 is 5.69 Å². The molecule has 3 rings (SSSR count). The van der Waals surface area contributed by atoms with Gasteiger partial charge in [-0.2, -0.15) is 0 Å². The van der Waals surface area contributed by atoms with Crippen molar-refractivity contribution in [1.82, 2.24) is 14.9 Å². The number of aliphatic hydroxyl groups is 1. The number of aliphatic hydroxyl groups excluding tert-OH is 1. The van der Waals surface area contributed by atoms with E-state index in [1.807, 2.05) is 29.2 Å². The number of anilines is 3. The number of nitrogens with one attached hydrogen (secondary N) is 1. The second kappa shape index (κ2) is 8.56. The Morgan fingerprint density at radius 2 is 1.88 bits per heavy atom. The van der Waals surface area contributed by atoms with E-state index in [2.05, 4.69) is 42.8 Å². The lowest BCUT2D eigenvalue weighted by Gasteiger charge is -2.34. The molecule has 10 heteroatoms. The van der Waals surface area contributed by atoms with E-state index in [4.69, 9.17) is 5.11 Å². The molecule has 2 heterocycles. The fraction of sp³-hybridized carbons (Fsp3) is 0.375. The van der Waals surface area contributed by atoms with Crippen LogP contribution in [0.15, 0.2) is 30.6 Å². The number of halogens is 1. The second-order valence-electron chi connectivity index (χ2n) is 5.84. The van der Waals surface area contributed by atoms with Crippen molar-refractivity contribution >= 4 is 45.6 Å². The Hall–Kier alpha value is -2.05. The summed E-state index contributed by atoms with van der Waals surface area (Å²) in [5.41, 5.74) is 0.604. The van der Waals surface area contributed by atoms with Gasteiger partial charge in [-0.3, -0.25) is 15.0 Å². The maximum atomic E-state index is 11.7. The van der Waals surface area contributed by atoms with E-state index in [9.17, 15) is 10.1 Å². The zero-order valence-corrected chi connectivity index (χ0v) is 16.2. The first-order valence-electron chi connectivity index (χ1n) is 8.18. The maximum absolute atomic E-state index is 11.7. The van der Waals surface area contributed by atoms with Gasteiger partial charge in [0.2, 0.25) is 11.6 Å². The van der Waals surface area contributed by atoms with Crippen LogP contribution in [-0.2, 0) is 0 Å². The summed E-state index contributed by atoms with van der Waals surface area (Å²) in [6.45, 7) is 3.39. The summed E-state index contributed by atoms with van der Waals surface area (Å²) < 4.78 is 1.08. The van der Waals surface area contributed by atoms with Crippen LogP contribution in [0.2, 0.25) is 0 Å². The standard InChI is InChI=1S/C16H19IN6O3/c17-12-1-3-13(4-2-12)20-15-14(23(25)26)16(19-11-18-15)22-7-5-21(6-8-22)9-10-24/h1-4,11,24H,5-10H2,(H,18,19,20). The number of piperazine rings is 1. The molecule has 1 aliphatic heterocycles. The predicted molar refractivity (Wildman–Crippen MR) is 107 cm³/mol. The maximum Gasteiger partial charge on any atom is 0.353 e. The molecule has 2 N–H and O–H groups in total. The first-order valence-corrected chi connectivity index (χ1v) is 9.26. The summed E-state index contributed by atoms with van der Waals surface area (Å²) in [5, 5.41) is 23.8. The Morgan fingerprint density at radius 3 is 2.50 bits per heavy atom. The summed E-state index contributed by atoms with van der Waals surface area (Å²) >= 11 is 2.20. The highest BCUT2D eigenvalue weighted by Gasteiger charge is 2.29. The van der Waals surface area contributed by atoms with Crippen LogP contribution in [-0.4, -0.2) is 64.2 Å². The summed E-state index contributed by atoms with van der Waals surface area (Å²) in [6.07, 6.45) is 1.34. The van der Waals surface area contributed by atoms with Gasteiger partial charge in [0.15, 0.2) is 0 Å². The molecule has 0 radical (unpaired) electrons. The highest BCUT2D eigenvalue weighted by Crippen LogP contribution is 2.34. The number of nitro groups is 1. The highest BCUT2D eigenvalue weighted by molar-refractivity contribution is 14.1. The van der Waals surface area contributed by atoms with Gasteiger partial charge in [-0.15, -0.1) is 0 Å². The molecule has 1 aliphatic rings. The number of hydrogen-bond acceptors (Lipinski definition) is 8. The van der Waals surface area contributed by atoms with Crippen LogP contribution in [0.4, 0.5) is 23.0 Å². The Labute approximate surface area is 164 Å². The minimum Gasteiger partial charge on any atom is -0.395 e. The molecular weight excluding hydrogens is 451 g/mol. The third-order valence-electron chi connectivity index (χ3n) is 4.18. The molecule has 1 aromatic heterocycles. The Bertz CT molecular complexity index is 765. The zero-order valence-electron chi connectivity index (χ0n) is 14.0. The minimum absolute atomic E-state index is 0.109. The van der Waals surface area contributed by atoms with Gasteiger partial charge in [0.25, 0.3) is 0 Å². The van der Waals surface area contributed by atoms with E-state index in [0.29, 0.717) is 25.5 Å². The molecule has 9 nitrogen and oxygen atoms in total. The third-order valence-corrected chi connectivity index (χ3v) is 4.90. The molecule has 1 aromatic carbocycles. The van der Waals surface area contributed by atoms with Crippen molar-refractivity contribution in [1.29, 1.82) is 0 Å². The quantitative estimate of drug-likeness (QED) is 0.374. The molecule has 0 unspecified atom stereocenters. The van der Waals surface area contributed by atoms with E-state index in [1.54, 1.807) is 0 Å². The molecule has 0 bridgehead atoms. The van der Waals surface area contributed by atoms with E-state index in [0.717, 1.165) is 22.3 Å². The highest BCUT2D eigenvalue weighted by atomic mass is 127. The Balaban J connectivity index is 1.85. The largest absolute Gasteiger partial charge is 0.395 e. The molecule has 0 aliphatic carbocycles. The minimum atomic E-state index is -0.440. The van der Waals surface area contributed by atoms with Crippen LogP contribution in [0.25, 0.3) is 0 Å². The molecule has 138 valence electrons. The number of aromatic nitrogens is 2. The van der Waals surface area contributed by atoms with Crippen molar-refractivity contribution in [2.75, 3.05) is 49.5 Å². The number of nitrogens with zero attached hydrogens (tertiary/aromatic N) is 5.